The van der Waals surface area contributed by atoms with Crippen molar-refractivity contribution in [2.75, 3.05) is 5.32 Å². The van der Waals surface area contributed by atoms with Crippen molar-refractivity contribution in [2.45, 2.75) is 19.5 Å². The van der Waals surface area contributed by atoms with Gasteiger partial charge in [-0.3, -0.25) is 15.0 Å². The van der Waals surface area contributed by atoms with Gasteiger partial charge in [0.15, 0.2) is 0 Å². The van der Waals surface area contributed by atoms with Crippen LogP contribution in [-0.2, 0) is 24.4 Å². The Morgan fingerprint density at radius 3 is 2.29 bits per heavy atom. The van der Waals surface area contributed by atoms with Crippen molar-refractivity contribution in [1.82, 2.24) is 15.4 Å². The number of urea groups is 1. The lowest BCUT2D eigenvalue weighted by Gasteiger charge is -2.13. The Morgan fingerprint density at radius 2 is 1.65 bits per heavy atom. The van der Waals surface area contributed by atoms with Crippen molar-refractivity contribution in [3.05, 3.63) is 87.7 Å². The Labute approximate surface area is 197 Å². The molecule has 2 aromatic carbocycles. The Hall–Kier alpha value is -3.79. The van der Waals surface area contributed by atoms with Gasteiger partial charge in [0.2, 0.25) is 11.7 Å². The zero-order chi connectivity index (χ0) is 25.0. The number of nitrogens with zero attached hydrogens (tertiary/aromatic N) is 1. The van der Waals surface area contributed by atoms with E-state index in [0.717, 1.165) is 11.6 Å². The van der Waals surface area contributed by atoms with Crippen molar-refractivity contribution in [3.63, 3.8) is 0 Å². The predicted octanol–water partition coefficient (Wildman–Crippen LogP) is 4.63. The highest BCUT2D eigenvalue weighted by atomic mass is 35.5. The lowest BCUT2D eigenvalue weighted by molar-refractivity contribution is -0.137. The summed E-state index contributed by atoms with van der Waals surface area (Å²) in [4.78, 5) is 36.9. The molecule has 0 aliphatic rings. The van der Waals surface area contributed by atoms with E-state index in [1.165, 1.54) is 6.07 Å². The molecular weight excluding hydrogens is 473 g/mol. The third kappa shape index (κ3) is 5.96. The average Bonchev–Trinajstić information content (AvgIpc) is 3.13. The third-order valence-corrected chi connectivity index (χ3v) is 5.29. The maximum Gasteiger partial charge on any atom is 0.417 e. The summed E-state index contributed by atoms with van der Waals surface area (Å²) in [6, 6.07) is 12.2. The Morgan fingerprint density at radius 1 is 0.971 bits per heavy atom. The van der Waals surface area contributed by atoms with E-state index in [-0.39, 0.29) is 17.9 Å². The minimum atomic E-state index is -4.69. The van der Waals surface area contributed by atoms with Gasteiger partial charge in [0.1, 0.15) is 0 Å². The summed E-state index contributed by atoms with van der Waals surface area (Å²) < 4.78 is 40.4. The molecule has 0 radical (unpaired) electrons. The summed E-state index contributed by atoms with van der Waals surface area (Å²) in [7, 11) is 1.64. The van der Waals surface area contributed by atoms with Crippen molar-refractivity contribution in [1.29, 1.82) is 0 Å². The fourth-order valence-electron chi connectivity index (χ4n) is 3.13. The van der Waals surface area contributed by atoms with E-state index in [2.05, 4.69) is 16.2 Å². The van der Waals surface area contributed by atoms with Gasteiger partial charge in [0.05, 0.1) is 22.7 Å². The molecule has 7 nitrogen and oxygen atoms in total. The Balaban J connectivity index is 1.57. The number of hydrazine groups is 1. The van der Waals surface area contributed by atoms with Gasteiger partial charge in [-0.1, -0.05) is 41.4 Å². The number of carbonyl (C=O) groups is 3. The smallest absolute Gasteiger partial charge is 0.344 e. The van der Waals surface area contributed by atoms with Crippen LogP contribution in [-0.4, -0.2) is 22.3 Å². The largest absolute Gasteiger partial charge is 0.417 e. The van der Waals surface area contributed by atoms with Crippen LogP contribution in [0.3, 0.4) is 0 Å². The first kappa shape index (κ1) is 24.8. The normalized spacial score (nSPS) is 11.1. The first-order chi connectivity index (χ1) is 16.0. The zero-order valence-electron chi connectivity index (χ0n) is 18.1. The third-order valence-electron chi connectivity index (χ3n) is 4.96. The monoisotopic (exact) mass is 492 g/mol. The number of benzene rings is 2. The average molecular weight is 493 g/mol. The van der Waals surface area contributed by atoms with Crippen LogP contribution < -0.4 is 16.2 Å². The van der Waals surface area contributed by atoms with E-state index in [9.17, 15) is 27.6 Å². The zero-order valence-corrected chi connectivity index (χ0v) is 18.8. The number of amides is 3. The van der Waals surface area contributed by atoms with Gasteiger partial charge >= 0.3 is 12.2 Å². The molecule has 11 heteroatoms. The van der Waals surface area contributed by atoms with E-state index >= 15 is 0 Å². The van der Waals surface area contributed by atoms with Crippen molar-refractivity contribution >= 4 is 35.0 Å². The van der Waals surface area contributed by atoms with Crippen LogP contribution in [0.5, 0.6) is 0 Å². The minimum absolute atomic E-state index is 0.156. The molecule has 0 aliphatic carbocycles. The summed E-state index contributed by atoms with van der Waals surface area (Å²) in [6.07, 6.45) is -4.84. The molecule has 34 heavy (non-hydrogen) atoms. The summed E-state index contributed by atoms with van der Waals surface area (Å²) in [6.45, 7) is 1.91. The SMILES string of the molecule is Cc1ccc(C(=O)c2ccc(CC(=O)NNC(=O)Nc3ccc(Cl)c(C(F)(F)F)c3)n2C)cc1. The molecule has 0 saturated carbocycles. The molecule has 0 unspecified atom stereocenters. The number of carbonyl (C=O) groups excluding carboxylic acids is 3. The number of aromatic nitrogens is 1. The summed E-state index contributed by atoms with van der Waals surface area (Å²) in [5.41, 5.74) is 5.40. The van der Waals surface area contributed by atoms with Gasteiger partial charge in [0.25, 0.3) is 0 Å². The van der Waals surface area contributed by atoms with Crippen LogP contribution in [0.4, 0.5) is 23.7 Å². The molecule has 1 aromatic heterocycles. The second-order valence-corrected chi connectivity index (χ2v) is 7.87. The van der Waals surface area contributed by atoms with E-state index in [0.29, 0.717) is 23.0 Å². The van der Waals surface area contributed by atoms with Crippen LogP contribution >= 0.6 is 11.6 Å². The predicted molar refractivity (Wildman–Crippen MR) is 120 cm³/mol. The van der Waals surface area contributed by atoms with Crippen molar-refractivity contribution < 1.29 is 27.6 Å². The first-order valence-electron chi connectivity index (χ1n) is 9.94. The number of anilines is 1. The minimum Gasteiger partial charge on any atom is -0.344 e. The highest BCUT2D eigenvalue weighted by Gasteiger charge is 2.33. The molecule has 0 spiro atoms. The molecule has 3 aromatic rings. The summed E-state index contributed by atoms with van der Waals surface area (Å²) in [5, 5.41) is 1.68. The van der Waals surface area contributed by atoms with Gasteiger partial charge < -0.3 is 9.88 Å². The molecular formula is C23H20ClF3N4O3. The molecule has 0 fully saturated rings. The fraction of sp³-hybridized carbons (Fsp3) is 0.174. The van der Waals surface area contributed by atoms with E-state index in [1.807, 2.05) is 19.1 Å². The summed E-state index contributed by atoms with van der Waals surface area (Å²) in [5.74, 6) is -0.800. The van der Waals surface area contributed by atoms with Crippen LogP contribution in [0.1, 0.15) is 32.9 Å². The van der Waals surface area contributed by atoms with E-state index < -0.39 is 28.7 Å². The Bertz CT molecular complexity index is 1240. The number of hydrogen-bond donors (Lipinski definition) is 3. The van der Waals surface area contributed by atoms with Crippen LogP contribution in [0.15, 0.2) is 54.6 Å². The topological polar surface area (TPSA) is 92.2 Å². The van der Waals surface area contributed by atoms with Gasteiger partial charge in [0, 0.05) is 24.0 Å². The Kier molecular flexibility index (Phi) is 7.31. The summed E-state index contributed by atoms with van der Waals surface area (Å²) >= 11 is 5.54. The van der Waals surface area contributed by atoms with Gasteiger partial charge in [-0.25, -0.2) is 10.2 Å². The fourth-order valence-corrected chi connectivity index (χ4v) is 3.35. The van der Waals surface area contributed by atoms with Crippen LogP contribution in [0.2, 0.25) is 5.02 Å². The number of aryl methyl sites for hydroxylation is 1. The molecule has 0 bridgehead atoms. The number of halogens is 4. The molecule has 3 amide bonds. The number of rotatable bonds is 5. The first-order valence-corrected chi connectivity index (χ1v) is 10.3. The lowest BCUT2D eigenvalue weighted by Crippen LogP contribution is -2.44. The highest BCUT2D eigenvalue weighted by Crippen LogP contribution is 2.36. The van der Waals surface area contributed by atoms with Crippen molar-refractivity contribution in [3.8, 4) is 0 Å². The maximum absolute atomic E-state index is 12.9. The molecule has 3 N–H and O–H groups in total. The number of alkyl halides is 3. The molecule has 1 heterocycles. The van der Waals surface area contributed by atoms with Gasteiger partial charge in [-0.15, -0.1) is 0 Å². The number of ketones is 1. The lowest BCUT2D eigenvalue weighted by atomic mass is 10.1. The van der Waals surface area contributed by atoms with Gasteiger partial charge in [-0.05, 0) is 37.3 Å². The number of nitrogens with one attached hydrogen (secondary N) is 3. The highest BCUT2D eigenvalue weighted by molar-refractivity contribution is 6.31. The molecule has 0 aliphatic heterocycles. The standard InChI is InChI=1S/C23H20ClF3N4O3/c1-13-3-5-14(6-4-13)21(33)19-10-8-16(31(19)2)12-20(32)29-30-22(34)28-15-7-9-18(24)17(11-15)23(25,26)27/h3-11H,12H2,1-2H3,(H,29,32)(H2,28,30,34). The second-order valence-electron chi connectivity index (χ2n) is 7.46. The van der Waals surface area contributed by atoms with Crippen LogP contribution in [0, 0.1) is 6.92 Å². The molecule has 3 rings (SSSR count). The molecule has 0 saturated heterocycles. The van der Waals surface area contributed by atoms with E-state index in [4.69, 9.17) is 11.6 Å². The van der Waals surface area contributed by atoms with Gasteiger partial charge in [-0.2, -0.15) is 13.2 Å². The molecule has 178 valence electrons. The van der Waals surface area contributed by atoms with Crippen molar-refractivity contribution in [2.24, 2.45) is 7.05 Å². The van der Waals surface area contributed by atoms with Crippen LogP contribution in [0.25, 0.3) is 0 Å². The second kappa shape index (κ2) is 10.0. The number of hydrogen-bond acceptors (Lipinski definition) is 3. The van der Waals surface area contributed by atoms with E-state index in [1.54, 1.807) is 35.9 Å². The quantitative estimate of drug-likeness (QED) is 0.358. The molecule has 0 atom stereocenters. The maximum atomic E-state index is 12.9.